The first-order chi connectivity index (χ1) is 10.1. The number of rotatable bonds is 3. The summed E-state index contributed by atoms with van der Waals surface area (Å²) in [6.45, 7) is 0. The van der Waals surface area contributed by atoms with Gasteiger partial charge in [-0.3, -0.25) is 10.4 Å². The number of nitrogens with one attached hydrogen (secondary N) is 1. The van der Waals surface area contributed by atoms with Gasteiger partial charge in [-0.1, -0.05) is 17.7 Å². The number of pyridine rings is 1. The van der Waals surface area contributed by atoms with E-state index in [2.05, 4.69) is 4.98 Å². The molecule has 3 rings (SSSR count). The highest BCUT2D eigenvalue weighted by Gasteiger charge is 2.10. The number of hydrogen-bond donors (Lipinski definition) is 2. The van der Waals surface area contributed by atoms with Crippen molar-refractivity contribution in [3.63, 3.8) is 0 Å². The summed E-state index contributed by atoms with van der Waals surface area (Å²) in [5.74, 6) is 1.06. The van der Waals surface area contributed by atoms with Crippen LogP contribution < -0.4 is 10.5 Å². The van der Waals surface area contributed by atoms with Crippen molar-refractivity contribution in [3.05, 3.63) is 65.3 Å². The van der Waals surface area contributed by atoms with E-state index >= 15 is 0 Å². The molecule has 104 valence electrons. The van der Waals surface area contributed by atoms with Crippen LogP contribution in [-0.4, -0.2) is 10.8 Å². The first kappa shape index (κ1) is 13.4. The zero-order valence-electron chi connectivity index (χ0n) is 11.0. The van der Waals surface area contributed by atoms with Crippen LogP contribution in [0.3, 0.4) is 0 Å². The Hall–Kier alpha value is -2.59. The lowest BCUT2D eigenvalue weighted by molar-refractivity contribution is 0.487. The molecule has 0 saturated heterocycles. The summed E-state index contributed by atoms with van der Waals surface area (Å²) in [5.41, 5.74) is 6.88. The number of benzene rings is 2. The van der Waals surface area contributed by atoms with Crippen molar-refractivity contribution in [2.24, 2.45) is 5.73 Å². The zero-order valence-corrected chi connectivity index (χ0v) is 11.8. The van der Waals surface area contributed by atoms with Crippen molar-refractivity contribution < 1.29 is 4.74 Å². The molecule has 0 bridgehead atoms. The summed E-state index contributed by atoms with van der Waals surface area (Å²) in [6, 6.07) is 14.4. The highest BCUT2D eigenvalue weighted by molar-refractivity contribution is 6.31. The average molecular weight is 298 g/mol. The molecule has 0 unspecified atom stereocenters. The van der Waals surface area contributed by atoms with Gasteiger partial charge in [0.25, 0.3) is 0 Å². The van der Waals surface area contributed by atoms with Crippen LogP contribution in [0.2, 0.25) is 5.02 Å². The van der Waals surface area contributed by atoms with Crippen molar-refractivity contribution >= 4 is 28.3 Å². The molecule has 4 nitrogen and oxygen atoms in total. The third-order valence-electron chi connectivity index (χ3n) is 3.06. The average Bonchev–Trinajstić information content (AvgIpc) is 2.49. The van der Waals surface area contributed by atoms with Gasteiger partial charge in [0, 0.05) is 16.6 Å². The standard InChI is InChI=1S/C16H12ClN3O/c17-10-6-7-15(12(9-10)16(18)19)21-14-5-1-4-13-11(14)3-2-8-20-13/h1-9H,(H3,18,19). The van der Waals surface area contributed by atoms with Crippen LogP contribution in [0.5, 0.6) is 11.5 Å². The molecule has 0 fully saturated rings. The van der Waals surface area contributed by atoms with E-state index in [1.807, 2.05) is 30.3 Å². The maximum Gasteiger partial charge on any atom is 0.138 e. The predicted molar refractivity (Wildman–Crippen MR) is 84.3 cm³/mol. The number of nitrogens with two attached hydrogens (primary N) is 1. The highest BCUT2D eigenvalue weighted by Crippen LogP contribution is 2.31. The first-order valence-corrected chi connectivity index (χ1v) is 6.68. The largest absolute Gasteiger partial charge is 0.456 e. The van der Waals surface area contributed by atoms with Gasteiger partial charge in [-0.25, -0.2) is 0 Å². The Labute approximate surface area is 126 Å². The Kier molecular flexibility index (Phi) is 3.46. The van der Waals surface area contributed by atoms with E-state index < -0.39 is 0 Å². The van der Waals surface area contributed by atoms with E-state index in [0.717, 1.165) is 10.9 Å². The number of nitrogen functional groups attached to an aromatic ring is 1. The second-order valence-corrected chi connectivity index (χ2v) is 4.92. The molecule has 2 aromatic carbocycles. The molecule has 0 aliphatic carbocycles. The van der Waals surface area contributed by atoms with Gasteiger partial charge in [-0.15, -0.1) is 0 Å². The molecule has 0 saturated carbocycles. The number of nitrogens with zero attached hydrogens (tertiary/aromatic N) is 1. The number of aromatic nitrogens is 1. The number of halogens is 1. The first-order valence-electron chi connectivity index (χ1n) is 6.31. The lowest BCUT2D eigenvalue weighted by Crippen LogP contribution is -2.12. The Morgan fingerprint density at radius 2 is 1.95 bits per heavy atom. The molecule has 0 amide bonds. The van der Waals surface area contributed by atoms with Gasteiger partial charge in [0.1, 0.15) is 17.3 Å². The van der Waals surface area contributed by atoms with Crippen LogP contribution in [0, 0.1) is 5.41 Å². The molecule has 5 heteroatoms. The number of hydrogen-bond acceptors (Lipinski definition) is 3. The monoisotopic (exact) mass is 297 g/mol. The van der Waals surface area contributed by atoms with Crippen molar-refractivity contribution in [1.29, 1.82) is 5.41 Å². The van der Waals surface area contributed by atoms with E-state index in [0.29, 0.717) is 22.1 Å². The van der Waals surface area contributed by atoms with Crippen LogP contribution in [0.1, 0.15) is 5.56 Å². The maximum absolute atomic E-state index is 7.63. The zero-order chi connectivity index (χ0) is 14.8. The van der Waals surface area contributed by atoms with Crippen molar-refractivity contribution in [1.82, 2.24) is 4.98 Å². The molecule has 0 atom stereocenters. The topological polar surface area (TPSA) is 72.0 Å². The predicted octanol–water partition coefficient (Wildman–Crippen LogP) is 3.96. The minimum atomic E-state index is -0.0918. The Bertz CT molecular complexity index is 827. The molecule has 21 heavy (non-hydrogen) atoms. The van der Waals surface area contributed by atoms with Gasteiger partial charge >= 0.3 is 0 Å². The van der Waals surface area contributed by atoms with E-state index in [-0.39, 0.29) is 5.84 Å². The maximum atomic E-state index is 7.63. The lowest BCUT2D eigenvalue weighted by Gasteiger charge is -2.12. The number of amidine groups is 1. The fourth-order valence-corrected chi connectivity index (χ4v) is 2.26. The molecule has 0 aliphatic rings. The molecule has 0 spiro atoms. The summed E-state index contributed by atoms with van der Waals surface area (Å²) >= 11 is 5.94. The highest BCUT2D eigenvalue weighted by atomic mass is 35.5. The van der Waals surface area contributed by atoms with Gasteiger partial charge in [-0.2, -0.15) is 0 Å². The summed E-state index contributed by atoms with van der Waals surface area (Å²) in [4.78, 5) is 4.29. The van der Waals surface area contributed by atoms with Gasteiger partial charge in [-0.05, 0) is 42.5 Å². The van der Waals surface area contributed by atoms with E-state index in [4.69, 9.17) is 27.5 Å². The Morgan fingerprint density at radius 3 is 2.76 bits per heavy atom. The molecule has 1 heterocycles. The van der Waals surface area contributed by atoms with Crippen LogP contribution in [0.4, 0.5) is 0 Å². The minimum Gasteiger partial charge on any atom is -0.456 e. The molecule has 3 N–H and O–H groups in total. The minimum absolute atomic E-state index is 0.0918. The van der Waals surface area contributed by atoms with Crippen molar-refractivity contribution in [2.75, 3.05) is 0 Å². The third kappa shape index (κ3) is 2.66. The molecule has 0 radical (unpaired) electrons. The Morgan fingerprint density at radius 1 is 1.10 bits per heavy atom. The number of ether oxygens (including phenoxy) is 1. The van der Waals surface area contributed by atoms with Crippen LogP contribution in [-0.2, 0) is 0 Å². The van der Waals surface area contributed by atoms with Crippen molar-refractivity contribution in [3.8, 4) is 11.5 Å². The molecule has 3 aromatic rings. The summed E-state index contributed by atoms with van der Waals surface area (Å²) in [7, 11) is 0. The molecule has 0 aliphatic heterocycles. The third-order valence-corrected chi connectivity index (χ3v) is 3.29. The molecular weight excluding hydrogens is 286 g/mol. The van der Waals surface area contributed by atoms with Gasteiger partial charge < -0.3 is 10.5 Å². The summed E-state index contributed by atoms with van der Waals surface area (Å²) < 4.78 is 5.92. The van der Waals surface area contributed by atoms with Gasteiger partial charge in [0.2, 0.25) is 0 Å². The quantitative estimate of drug-likeness (QED) is 0.567. The van der Waals surface area contributed by atoms with Gasteiger partial charge in [0.05, 0.1) is 11.1 Å². The number of fused-ring (bicyclic) bond motifs is 1. The lowest BCUT2D eigenvalue weighted by atomic mass is 10.1. The van der Waals surface area contributed by atoms with Crippen LogP contribution in [0.15, 0.2) is 54.7 Å². The van der Waals surface area contributed by atoms with Crippen LogP contribution in [0.25, 0.3) is 10.9 Å². The normalized spacial score (nSPS) is 10.5. The summed E-state index contributed by atoms with van der Waals surface area (Å²) in [5, 5.41) is 9.03. The fourth-order valence-electron chi connectivity index (χ4n) is 2.08. The van der Waals surface area contributed by atoms with E-state index in [9.17, 15) is 0 Å². The van der Waals surface area contributed by atoms with Crippen molar-refractivity contribution in [2.45, 2.75) is 0 Å². The van der Waals surface area contributed by atoms with Crippen LogP contribution >= 0.6 is 11.6 Å². The Balaban J connectivity index is 2.09. The second-order valence-electron chi connectivity index (χ2n) is 4.48. The van der Waals surface area contributed by atoms with Gasteiger partial charge in [0.15, 0.2) is 0 Å². The fraction of sp³-hybridized carbons (Fsp3) is 0. The van der Waals surface area contributed by atoms with E-state index in [1.165, 1.54) is 0 Å². The molecule has 1 aromatic heterocycles. The SMILES string of the molecule is N=C(N)c1cc(Cl)ccc1Oc1cccc2ncccc12. The molecular formula is C16H12ClN3O. The second kappa shape index (κ2) is 5.42. The smallest absolute Gasteiger partial charge is 0.138 e. The summed E-state index contributed by atoms with van der Waals surface area (Å²) in [6.07, 6.45) is 1.73. The van der Waals surface area contributed by atoms with E-state index in [1.54, 1.807) is 24.4 Å².